The highest BCUT2D eigenvalue weighted by atomic mass is 16.5. The Morgan fingerprint density at radius 3 is 2.60 bits per heavy atom. The summed E-state index contributed by atoms with van der Waals surface area (Å²) in [7, 11) is 4.36. The van der Waals surface area contributed by atoms with Crippen molar-refractivity contribution in [1.82, 2.24) is 10.2 Å². The highest BCUT2D eigenvalue weighted by Gasteiger charge is 2.41. The Kier molecular flexibility index (Phi) is 3.65. The van der Waals surface area contributed by atoms with Crippen molar-refractivity contribution in [2.45, 2.75) is 31.2 Å². The standard InChI is InChI=1S/C12H24N2O/c1-14(2)10-12(6-3-7-13-12)11-4-8-15-9-5-11/h11,13H,3-10H2,1-2H3. The molecule has 0 aromatic heterocycles. The Bertz CT molecular complexity index is 194. The molecular formula is C12H24N2O. The van der Waals surface area contributed by atoms with Crippen LogP contribution in [0.15, 0.2) is 0 Å². The fraction of sp³-hybridized carbons (Fsp3) is 1.00. The molecule has 0 aromatic carbocycles. The van der Waals surface area contributed by atoms with Crippen LogP contribution >= 0.6 is 0 Å². The first-order valence-electron chi connectivity index (χ1n) is 6.20. The summed E-state index contributed by atoms with van der Waals surface area (Å²) in [5.74, 6) is 0.816. The average molecular weight is 212 g/mol. The monoisotopic (exact) mass is 212 g/mol. The molecule has 3 nitrogen and oxygen atoms in total. The van der Waals surface area contributed by atoms with Gasteiger partial charge in [0.2, 0.25) is 0 Å². The van der Waals surface area contributed by atoms with E-state index in [1.807, 2.05) is 0 Å². The normalized spacial score (nSPS) is 33.8. The van der Waals surface area contributed by atoms with E-state index in [1.54, 1.807) is 0 Å². The molecule has 88 valence electrons. The maximum Gasteiger partial charge on any atom is 0.0469 e. The number of hydrogen-bond acceptors (Lipinski definition) is 3. The Morgan fingerprint density at radius 2 is 2.07 bits per heavy atom. The first-order valence-corrected chi connectivity index (χ1v) is 6.20. The van der Waals surface area contributed by atoms with Gasteiger partial charge in [0.05, 0.1) is 0 Å². The lowest BCUT2D eigenvalue weighted by atomic mass is 9.77. The predicted octanol–water partition coefficient (Wildman–Crippen LogP) is 1.10. The van der Waals surface area contributed by atoms with E-state index in [2.05, 4.69) is 24.3 Å². The lowest BCUT2D eigenvalue weighted by molar-refractivity contribution is 0.0256. The summed E-state index contributed by atoms with van der Waals surface area (Å²) in [6.07, 6.45) is 5.16. The third-order valence-electron chi connectivity index (χ3n) is 3.88. The number of ether oxygens (including phenoxy) is 1. The van der Waals surface area contributed by atoms with E-state index in [0.29, 0.717) is 5.54 Å². The molecule has 2 aliphatic heterocycles. The van der Waals surface area contributed by atoms with E-state index in [1.165, 1.54) is 38.8 Å². The van der Waals surface area contributed by atoms with E-state index < -0.39 is 0 Å². The smallest absolute Gasteiger partial charge is 0.0469 e. The minimum atomic E-state index is 0.382. The van der Waals surface area contributed by atoms with Gasteiger partial charge >= 0.3 is 0 Å². The Morgan fingerprint density at radius 1 is 1.33 bits per heavy atom. The van der Waals surface area contributed by atoms with Crippen LogP contribution in [0.2, 0.25) is 0 Å². The second-order valence-electron chi connectivity index (χ2n) is 5.31. The summed E-state index contributed by atoms with van der Waals surface area (Å²) in [5.41, 5.74) is 0.382. The van der Waals surface area contributed by atoms with Crippen LogP contribution in [-0.4, -0.2) is 50.8 Å². The van der Waals surface area contributed by atoms with Gasteiger partial charge in [-0.25, -0.2) is 0 Å². The number of nitrogens with zero attached hydrogens (tertiary/aromatic N) is 1. The van der Waals surface area contributed by atoms with Crippen LogP contribution in [0.3, 0.4) is 0 Å². The van der Waals surface area contributed by atoms with Crippen molar-refractivity contribution in [2.75, 3.05) is 40.4 Å². The van der Waals surface area contributed by atoms with E-state index in [-0.39, 0.29) is 0 Å². The summed E-state index contributed by atoms with van der Waals surface area (Å²) in [4.78, 5) is 2.33. The van der Waals surface area contributed by atoms with Crippen LogP contribution in [-0.2, 0) is 4.74 Å². The Labute approximate surface area is 93.2 Å². The number of hydrogen-bond donors (Lipinski definition) is 1. The third kappa shape index (κ3) is 2.52. The summed E-state index contributed by atoms with van der Waals surface area (Å²) in [5, 5.41) is 3.77. The molecule has 0 aromatic rings. The van der Waals surface area contributed by atoms with Crippen LogP contribution in [0.25, 0.3) is 0 Å². The zero-order chi connectivity index (χ0) is 10.7. The molecule has 2 aliphatic rings. The number of nitrogens with one attached hydrogen (secondary N) is 1. The van der Waals surface area contributed by atoms with Gasteiger partial charge in [0.25, 0.3) is 0 Å². The van der Waals surface area contributed by atoms with E-state index in [4.69, 9.17) is 4.74 Å². The largest absolute Gasteiger partial charge is 0.381 e. The van der Waals surface area contributed by atoms with Gasteiger partial charge in [-0.05, 0) is 52.2 Å². The van der Waals surface area contributed by atoms with Crippen molar-refractivity contribution in [3.05, 3.63) is 0 Å². The lowest BCUT2D eigenvalue weighted by Crippen LogP contribution is -2.55. The van der Waals surface area contributed by atoms with Crippen molar-refractivity contribution in [3.63, 3.8) is 0 Å². The van der Waals surface area contributed by atoms with Crippen LogP contribution in [0.1, 0.15) is 25.7 Å². The van der Waals surface area contributed by atoms with E-state index in [9.17, 15) is 0 Å². The number of rotatable bonds is 3. The molecule has 2 fully saturated rings. The zero-order valence-corrected chi connectivity index (χ0v) is 10.1. The maximum absolute atomic E-state index is 5.47. The number of likely N-dealkylation sites (N-methyl/N-ethyl adjacent to an activating group) is 1. The average Bonchev–Trinajstić information content (AvgIpc) is 2.68. The molecule has 0 bridgehead atoms. The second-order valence-corrected chi connectivity index (χ2v) is 5.31. The Balaban J connectivity index is 2.03. The summed E-state index contributed by atoms with van der Waals surface area (Å²) < 4.78 is 5.47. The van der Waals surface area contributed by atoms with Gasteiger partial charge in [-0.2, -0.15) is 0 Å². The second kappa shape index (κ2) is 4.81. The molecule has 2 saturated heterocycles. The molecule has 0 radical (unpaired) electrons. The molecule has 3 heteroatoms. The summed E-state index contributed by atoms with van der Waals surface area (Å²) >= 11 is 0. The minimum Gasteiger partial charge on any atom is -0.381 e. The minimum absolute atomic E-state index is 0.382. The van der Waals surface area contributed by atoms with Crippen LogP contribution in [0.4, 0.5) is 0 Å². The molecule has 15 heavy (non-hydrogen) atoms. The molecule has 1 atom stereocenters. The van der Waals surface area contributed by atoms with Gasteiger partial charge in [-0.1, -0.05) is 0 Å². The van der Waals surface area contributed by atoms with Gasteiger partial charge in [-0.3, -0.25) is 0 Å². The Hall–Kier alpha value is -0.120. The maximum atomic E-state index is 5.47. The van der Waals surface area contributed by atoms with Crippen LogP contribution < -0.4 is 5.32 Å². The lowest BCUT2D eigenvalue weighted by Gasteiger charge is -2.41. The van der Waals surface area contributed by atoms with Gasteiger partial charge in [-0.15, -0.1) is 0 Å². The van der Waals surface area contributed by atoms with Crippen LogP contribution in [0.5, 0.6) is 0 Å². The van der Waals surface area contributed by atoms with Crippen LogP contribution in [0, 0.1) is 5.92 Å². The van der Waals surface area contributed by atoms with Crippen molar-refractivity contribution < 1.29 is 4.74 Å². The zero-order valence-electron chi connectivity index (χ0n) is 10.1. The summed E-state index contributed by atoms with van der Waals surface area (Å²) in [6, 6.07) is 0. The first kappa shape index (κ1) is 11.4. The highest BCUT2D eigenvalue weighted by molar-refractivity contribution is 5.00. The van der Waals surface area contributed by atoms with E-state index in [0.717, 1.165) is 19.1 Å². The third-order valence-corrected chi connectivity index (χ3v) is 3.88. The fourth-order valence-electron chi connectivity index (χ4n) is 3.26. The first-order chi connectivity index (χ1) is 7.23. The van der Waals surface area contributed by atoms with E-state index >= 15 is 0 Å². The molecule has 0 aliphatic carbocycles. The summed E-state index contributed by atoms with van der Waals surface area (Å²) in [6.45, 7) is 4.30. The molecule has 1 N–H and O–H groups in total. The molecule has 0 spiro atoms. The highest BCUT2D eigenvalue weighted by Crippen LogP contribution is 2.34. The molecule has 2 heterocycles. The van der Waals surface area contributed by atoms with Gasteiger partial charge < -0.3 is 15.0 Å². The molecule has 1 unspecified atom stereocenters. The SMILES string of the molecule is CN(C)CC1(C2CCOCC2)CCCN1. The topological polar surface area (TPSA) is 24.5 Å². The fourth-order valence-corrected chi connectivity index (χ4v) is 3.26. The van der Waals surface area contributed by atoms with Gasteiger partial charge in [0.1, 0.15) is 0 Å². The molecule has 2 rings (SSSR count). The molecular weight excluding hydrogens is 188 g/mol. The molecule has 0 amide bonds. The van der Waals surface area contributed by atoms with Crippen molar-refractivity contribution in [2.24, 2.45) is 5.92 Å². The van der Waals surface area contributed by atoms with Gasteiger partial charge in [0, 0.05) is 25.3 Å². The quantitative estimate of drug-likeness (QED) is 0.758. The van der Waals surface area contributed by atoms with Gasteiger partial charge in [0.15, 0.2) is 0 Å². The van der Waals surface area contributed by atoms with Crippen molar-refractivity contribution >= 4 is 0 Å². The predicted molar refractivity (Wildman–Crippen MR) is 62.1 cm³/mol. The van der Waals surface area contributed by atoms with Crippen molar-refractivity contribution in [1.29, 1.82) is 0 Å². The van der Waals surface area contributed by atoms with Crippen molar-refractivity contribution in [3.8, 4) is 0 Å². The molecule has 0 saturated carbocycles.